The predicted octanol–water partition coefficient (Wildman–Crippen LogP) is -0.355. The van der Waals surface area contributed by atoms with Crippen LogP contribution in [0.2, 0.25) is 0 Å². The number of ether oxygens (including phenoxy) is 5. The van der Waals surface area contributed by atoms with E-state index in [1.165, 1.54) is 6.92 Å². The van der Waals surface area contributed by atoms with Crippen molar-refractivity contribution in [3.63, 3.8) is 0 Å². The Bertz CT molecular complexity index is 3460. The quantitative estimate of drug-likeness (QED) is 0.0553. The van der Waals surface area contributed by atoms with E-state index in [1.807, 2.05) is 0 Å². The molecular weight excluding hydrogens is 864 g/mol. The summed E-state index contributed by atoms with van der Waals surface area (Å²) in [5, 5.41) is 116. The van der Waals surface area contributed by atoms with Crippen LogP contribution >= 0.6 is 0 Å². The zero-order valence-corrected chi connectivity index (χ0v) is 32.0. The normalized spacial score (nSPS) is 26.6. The number of aliphatic hydroxyl groups is 5. The van der Waals surface area contributed by atoms with Crippen LogP contribution in [0.5, 0.6) is 46.0 Å². The number of phenolic OH excluding ortho intramolecular Hbond substituents is 6. The molecule has 11 N–H and O–H groups in total. The molecule has 4 aromatic carbocycles. The number of rotatable bonds is 7. The Morgan fingerprint density at radius 3 is 1.42 bits per heavy atom. The van der Waals surface area contributed by atoms with Gasteiger partial charge in [0.15, 0.2) is 51.6 Å². The van der Waals surface area contributed by atoms with Gasteiger partial charge in [0.2, 0.25) is 29.3 Å². The molecule has 2 aliphatic heterocycles. The second-order valence-corrected chi connectivity index (χ2v) is 15.2. The summed E-state index contributed by atoms with van der Waals surface area (Å²) in [6.07, 6.45) is -18.2. The van der Waals surface area contributed by atoms with E-state index in [-0.39, 0.29) is 43.1 Å². The van der Waals surface area contributed by atoms with E-state index < -0.39 is 159 Å². The van der Waals surface area contributed by atoms with Crippen LogP contribution < -0.4 is 32.0 Å². The molecule has 10 atom stereocenters. The summed E-state index contributed by atoms with van der Waals surface area (Å²) in [4.78, 5) is 51.8. The Morgan fingerprint density at radius 1 is 0.500 bits per heavy atom. The van der Waals surface area contributed by atoms with Gasteiger partial charge in [-0.1, -0.05) is 0 Å². The zero-order chi connectivity index (χ0) is 45.5. The molecule has 0 amide bonds. The number of aliphatic hydroxyl groups excluding tert-OH is 5. The van der Waals surface area contributed by atoms with Crippen molar-refractivity contribution >= 4 is 65.4 Å². The first-order valence-electron chi connectivity index (χ1n) is 18.9. The fourth-order valence-corrected chi connectivity index (χ4v) is 8.25. The number of aromatic hydroxyl groups is 6. The molecule has 10 rings (SSSR count). The van der Waals surface area contributed by atoms with Crippen LogP contribution in [-0.2, 0) is 14.2 Å². The van der Waals surface area contributed by atoms with E-state index in [9.17, 15) is 75.3 Å². The molecule has 2 aliphatic rings. The maximum absolute atomic E-state index is 13.1. The van der Waals surface area contributed by atoms with Gasteiger partial charge in [0.1, 0.15) is 49.3 Å². The van der Waals surface area contributed by atoms with Crippen LogP contribution in [0.25, 0.3) is 65.4 Å². The maximum Gasteiger partial charge on any atom is 0.344 e. The molecule has 8 aromatic rings. The third-order valence-corrected chi connectivity index (χ3v) is 11.5. The van der Waals surface area contributed by atoms with Gasteiger partial charge in [-0.2, -0.15) is 0 Å². The van der Waals surface area contributed by atoms with Crippen molar-refractivity contribution in [3.05, 3.63) is 65.9 Å². The Morgan fingerprint density at radius 2 is 0.922 bits per heavy atom. The van der Waals surface area contributed by atoms with Crippen LogP contribution in [0.15, 0.2) is 61.1 Å². The molecule has 0 saturated carbocycles. The minimum atomic E-state index is -2.04. The molecule has 0 radical (unpaired) electrons. The molecule has 6 heterocycles. The lowest BCUT2D eigenvalue weighted by molar-refractivity contribution is -0.348. The molecule has 0 unspecified atom stereocenters. The van der Waals surface area contributed by atoms with Crippen molar-refractivity contribution in [2.45, 2.75) is 68.3 Å². The first kappa shape index (κ1) is 40.9. The summed E-state index contributed by atoms with van der Waals surface area (Å²) < 4.78 is 49.4. The van der Waals surface area contributed by atoms with Crippen LogP contribution in [0.4, 0.5) is 0 Å². The Labute approximate surface area is 349 Å². The zero-order valence-electron chi connectivity index (χ0n) is 32.0. The molecule has 4 aromatic heterocycles. The topological polar surface area (TPSA) is 390 Å². The van der Waals surface area contributed by atoms with Crippen molar-refractivity contribution < 1.29 is 97.5 Å². The van der Waals surface area contributed by atoms with Crippen molar-refractivity contribution in [2.75, 3.05) is 6.61 Å². The Balaban J connectivity index is 0.887. The molecule has 0 aliphatic carbocycles. The van der Waals surface area contributed by atoms with Crippen molar-refractivity contribution in [2.24, 2.45) is 0 Å². The molecule has 2 fully saturated rings. The summed E-state index contributed by atoms with van der Waals surface area (Å²) in [7, 11) is 0. The Hall–Kier alpha value is -7.16. The fourth-order valence-electron chi connectivity index (χ4n) is 8.25. The summed E-state index contributed by atoms with van der Waals surface area (Å²) in [6, 6.07) is 3.70. The van der Waals surface area contributed by atoms with Gasteiger partial charge in [0.05, 0.1) is 27.6 Å². The van der Waals surface area contributed by atoms with E-state index in [2.05, 4.69) is 0 Å². The molecule has 2 saturated heterocycles. The van der Waals surface area contributed by atoms with E-state index in [1.54, 1.807) is 0 Å². The highest BCUT2D eigenvalue weighted by Crippen LogP contribution is 2.47. The minimum absolute atomic E-state index is 0.160. The average molecular weight is 895 g/mol. The van der Waals surface area contributed by atoms with Gasteiger partial charge in [-0.3, -0.25) is 0 Å². The standard InChI is InChI=1S/C40H30O24/c1-7-30(27(49)29(51)39(57-7)58-15-5-11-20-18-9(36(53)63-34(20)25(15)47)3-13(42)22(44)32(18)61-38(11)55)64-40-28(50)26(48)23(45)16(59-40)6-56-14-4-10-19-17-8(35(52)62-33(19)24(14)46)2-12(41)21(43)31(17)60-37(10)54/h2-5,7,16,23,26-30,39-51H,6H2,1H3/t7-,16+,23+,26-,27-,28+,29-,30-,39+,40-/m0/s1. The monoisotopic (exact) mass is 894 g/mol. The third-order valence-electron chi connectivity index (χ3n) is 11.5. The highest BCUT2D eigenvalue weighted by atomic mass is 16.7. The maximum atomic E-state index is 13.1. The lowest BCUT2D eigenvalue weighted by atomic mass is 9.97. The first-order chi connectivity index (χ1) is 30.4. The SMILES string of the molecule is C[C@@H]1O[C@H](Oc2cc3c(=O)oc4c(O)c(O)cc5c(=O)oc(c2O)c3c45)[C@@H](O)[C@H](O)[C@H]1O[C@@H]1O[C@H](COc2cc3c(=O)oc4c(O)c(O)cc5c(=O)oc(c2O)c3c45)[C@@H](O)[C@H](O)[C@H]1O. The summed E-state index contributed by atoms with van der Waals surface area (Å²) >= 11 is 0. The first-order valence-corrected chi connectivity index (χ1v) is 18.9. The molecule has 0 bridgehead atoms. The van der Waals surface area contributed by atoms with E-state index in [4.69, 9.17) is 41.4 Å². The van der Waals surface area contributed by atoms with Crippen LogP contribution in [0.1, 0.15) is 6.92 Å². The van der Waals surface area contributed by atoms with E-state index >= 15 is 0 Å². The Kier molecular flexibility index (Phi) is 9.06. The summed E-state index contributed by atoms with van der Waals surface area (Å²) in [5.74, 6) is -6.15. The van der Waals surface area contributed by atoms with Gasteiger partial charge < -0.3 is 97.5 Å². The number of phenols is 6. The highest BCUT2D eigenvalue weighted by molar-refractivity contribution is 6.23. The van der Waals surface area contributed by atoms with Gasteiger partial charge in [-0.05, 0) is 31.2 Å². The second-order valence-electron chi connectivity index (χ2n) is 15.2. The van der Waals surface area contributed by atoms with Gasteiger partial charge in [0.25, 0.3) is 0 Å². The third kappa shape index (κ3) is 5.78. The van der Waals surface area contributed by atoms with Crippen molar-refractivity contribution in [1.29, 1.82) is 0 Å². The average Bonchev–Trinajstić information content (AvgIpc) is 3.25. The molecule has 334 valence electrons. The van der Waals surface area contributed by atoms with Crippen molar-refractivity contribution in [1.82, 2.24) is 0 Å². The van der Waals surface area contributed by atoms with Gasteiger partial charge in [0, 0.05) is 21.5 Å². The molecular formula is C40H30O24. The summed E-state index contributed by atoms with van der Waals surface area (Å²) in [5.41, 5.74) is -6.79. The van der Waals surface area contributed by atoms with E-state index in [0.29, 0.717) is 0 Å². The van der Waals surface area contributed by atoms with Crippen LogP contribution in [-0.4, -0.2) is 124 Å². The second kappa shape index (κ2) is 14.2. The molecule has 0 spiro atoms. The number of hydrogen-bond donors (Lipinski definition) is 11. The highest BCUT2D eigenvalue weighted by Gasteiger charge is 2.51. The van der Waals surface area contributed by atoms with Gasteiger partial charge in [-0.15, -0.1) is 0 Å². The molecule has 24 heteroatoms. The summed E-state index contributed by atoms with van der Waals surface area (Å²) in [6.45, 7) is 0.557. The minimum Gasteiger partial charge on any atom is -0.504 e. The van der Waals surface area contributed by atoms with Crippen LogP contribution in [0, 0.1) is 0 Å². The van der Waals surface area contributed by atoms with Gasteiger partial charge in [-0.25, -0.2) is 19.2 Å². The van der Waals surface area contributed by atoms with E-state index in [0.717, 1.165) is 24.3 Å². The largest absolute Gasteiger partial charge is 0.504 e. The lowest BCUT2D eigenvalue weighted by Gasteiger charge is -2.45. The fraction of sp³-hybridized carbons (Fsp3) is 0.300. The smallest absolute Gasteiger partial charge is 0.344 e. The predicted molar refractivity (Wildman–Crippen MR) is 208 cm³/mol. The lowest BCUT2D eigenvalue weighted by Crippen LogP contribution is -2.64. The number of hydrogen-bond acceptors (Lipinski definition) is 24. The van der Waals surface area contributed by atoms with Crippen LogP contribution in [0.3, 0.4) is 0 Å². The molecule has 64 heavy (non-hydrogen) atoms. The number of benzene rings is 4. The van der Waals surface area contributed by atoms with Gasteiger partial charge >= 0.3 is 22.5 Å². The van der Waals surface area contributed by atoms with Crippen molar-refractivity contribution in [3.8, 4) is 46.0 Å². The molecule has 24 nitrogen and oxygen atoms in total.